The third-order valence-electron chi connectivity index (χ3n) is 3.87. The molecule has 2 N–H and O–H groups in total. The van der Waals surface area contributed by atoms with Crippen LogP contribution in [0.25, 0.3) is 0 Å². The zero-order chi connectivity index (χ0) is 14.5. The van der Waals surface area contributed by atoms with Crippen molar-refractivity contribution in [2.24, 2.45) is 11.8 Å². The lowest BCUT2D eigenvalue weighted by molar-refractivity contribution is 0.0969. The van der Waals surface area contributed by atoms with Gasteiger partial charge in [-0.25, -0.2) is 4.98 Å². The molecule has 1 fully saturated rings. The molecule has 0 saturated carbocycles. The molecule has 0 amide bonds. The number of pyridine rings is 1. The van der Waals surface area contributed by atoms with Gasteiger partial charge >= 0.3 is 0 Å². The van der Waals surface area contributed by atoms with E-state index in [1.54, 1.807) is 0 Å². The number of hydrogen-bond donors (Lipinski definition) is 2. The quantitative estimate of drug-likeness (QED) is 0.864. The van der Waals surface area contributed by atoms with Crippen molar-refractivity contribution in [1.29, 1.82) is 0 Å². The summed E-state index contributed by atoms with van der Waals surface area (Å²) in [4.78, 5) is 6.83. The maximum absolute atomic E-state index is 9.77. The van der Waals surface area contributed by atoms with E-state index < -0.39 is 0 Å². The SMILES string of the molecule is CC(C)CNCc1ccc(N2CCC(O)C(C)C2)nc1. The fourth-order valence-electron chi connectivity index (χ4n) is 2.55. The molecule has 0 spiro atoms. The van der Waals surface area contributed by atoms with Crippen LogP contribution in [0.3, 0.4) is 0 Å². The van der Waals surface area contributed by atoms with Gasteiger partial charge in [-0.1, -0.05) is 26.8 Å². The van der Waals surface area contributed by atoms with Crippen molar-refractivity contribution >= 4 is 5.82 Å². The summed E-state index contributed by atoms with van der Waals surface area (Å²) in [6.45, 7) is 10.2. The minimum atomic E-state index is -0.161. The van der Waals surface area contributed by atoms with Crippen LogP contribution in [0.2, 0.25) is 0 Å². The molecule has 4 heteroatoms. The molecule has 0 aliphatic carbocycles. The molecule has 2 rings (SSSR count). The number of aliphatic hydroxyl groups is 1. The fraction of sp³-hybridized carbons (Fsp3) is 0.688. The number of rotatable bonds is 5. The zero-order valence-corrected chi connectivity index (χ0v) is 12.8. The Morgan fingerprint density at radius 2 is 2.25 bits per heavy atom. The summed E-state index contributed by atoms with van der Waals surface area (Å²) in [5.41, 5.74) is 1.22. The Kier molecular flexibility index (Phi) is 5.38. The molecular weight excluding hydrogens is 250 g/mol. The maximum atomic E-state index is 9.77. The Hall–Kier alpha value is -1.13. The Morgan fingerprint density at radius 1 is 1.45 bits per heavy atom. The predicted molar refractivity (Wildman–Crippen MR) is 82.8 cm³/mol. The number of anilines is 1. The minimum Gasteiger partial charge on any atom is -0.393 e. The van der Waals surface area contributed by atoms with E-state index in [1.807, 2.05) is 6.20 Å². The van der Waals surface area contributed by atoms with Crippen LogP contribution in [-0.4, -0.2) is 35.8 Å². The molecule has 2 unspecified atom stereocenters. The van der Waals surface area contributed by atoms with E-state index in [0.717, 1.165) is 38.4 Å². The molecule has 0 bridgehead atoms. The maximum Gasteiger partial charge on any atom is 0.128 e. The molecule has 1 aromatic rings. The molecule has 1 aliphatic heterocycles. The monoisotopic (exact) mass is 277 g/mol. The highest BCUT2D eigenvalue weighted by atomic mass is 16.3. The van der Waals surface area contributed by atoms with E-state index >= 15 is 0 Å². The standard InChI is InChI=1S/C16H27N3O/c1-12(2)8-17-9-14-4-5-16(18-10-14)19-7-6-15(20)13(3)11-19/h4-5,10,12-13,15,17,20H,6-9,11H2,1-3H3. The van der Waals surface area contributed by atoms with Gasteiger partial charge in [0.15, 0.2) is 0 Å². The van der Waals surface area contributed by atoms with Crippen LogP contribution in [0, 0.1) is 11.8 Å². The minimum absolute atomic E-state index is 0.161. The molecule has 20 heavy (non-hydrogen) atoms. The summed E-state index contributed by atoms with van der Waals surface area (Å²) in [5, 5.41) is 13.2. The summed E-state index contributed by atoms with van der Waals surface area (Å²) in [6.07, 6.45) is 2.63. The lowest BCUT2D eigenvalue weighted by atomic mass is 9.97. The molecule has 0 radical (unpaired) electrons. The Bertz CT molecular complexity index is 405. The normalized spacial score (nSPS) is 23.4. The fourth-order valence-corrected chi connectivity index (χ4v) is 2.55. The molecule has 1 saturated heterocycles. The van der Waals surface area contributed by atoms with Crippen molar-refractivity contribution in [1.82, 2.24) is 10.3 Å². The highest BCUT2D eigenvalue weighted by Crippen LogP contribution is 2.21. The average molecular weight is 277 g/mol. The van der Waals surface area contributed by atoms with Gasteiger partial charge in [0.1, 0.15) is 5.82 Å². The third kappa shape index (κ3) is 4.18. The second-order valence-electron chi connectivity index (χ2n) is 6.33. The van der Waals surface area contributed by atoms with E-state index in [-0.39, 0.29) is 6.10 Å². The number of aliphatic hydroxyl groups excluding tert-OH is 1. The van der Waals surface area contributed by atoms with Crippen LogP contribution >= 0.6 is 0 Å². The number of hydrogen-bond acceptors (Lipinski definition) is 4. The largest absolute Gasteiger partial charge is 0.393 e. The molecule has 2 atom stereocenters. The first kappa shape index (κ1) is 15.3. The van der Waals surface area contributed by atoms with Gasteiger partial charge in [0.25, 0.3) is 0 Å². The van der Waals surface area contributed by atoms with E-state index in [1.165, 1.54) is 5.56 Å². The topological polar surface area (TPSA) is 48.4 Å². The van der Waals surface area contributed by atoms with Gasteiger partial charge in [-0.2, -0.15) is 0 Å². The molecular formula is C16H27N3O. The van der Waals surface area contributed by atoms with Crippen molar-refractivity contribution < 1.29 is 5.11 Å². The Morgan fingerprint density at radius 3 is 2.85 bits per heavy atom. The molecule has 1 aliphatic rings. The summed E-state index contributed by atoms with van der Waals surface area (Å²) in [6, 6.07) is 4.24. The second-order valence-corrected chi connectivity index (χ2v) is 6.33. The van der Waals surface area contributed by atoms with Crippen molar-refractivity contribution in [3.8, 4) is 0 Å². The van der Waals surface area contributed by atoms with Crippen molar-refractivity contribution in [3.63, 3.8) is 0 Å². The molecule has 2 heterocycles. The third-order valence-corrected chi connectivity index (χ3v) is 3.87. The first-order chi connectivity index (χ1) is 9.56. The van der Waals surface area contributed by atoms with Crippen molar-refractivity contribution in [2.45, 2.75) is 39.8 Å². The smallest absolute Gasteiger partial charge is 0.128 e. The molecule has 4 nitrogen and oxygen atoms in total. The number of nitrogens with zero attached hydrogens (tertiary/aromatic N) is 2. The summed E-state index contributed by atoms with van der Waals surface area (Å²) >= 11 is 0. The van der Waals surface area contributed by atoms with Crippen molar-refractivity contribution in [3.05, 3.63) is 23.9 Å². The number of aromatic nitrogens is 1. The van der Waals surface area contributed by atoms with Crippen LogP contribution in [0.1, 0.15) is 32.8 Å². The van der Waals surface area contributed by atoms with Gasteiger partial charge in [-0.3, -0.25) is 0 Å². The zero-order valence-electron chi connectivity index (χ0n) is 12.8. The lowest BCUT2D eigenvalue weighted by Gasteiger charge is -2.35. The first-order valence-electron chi connectivity index (χ1n) is 7.65. The highest BCUT2D eigenvalue weighted by Gasteiger charge is 2.24. The molecule has 1 aromatic heterocycles. The van der Waals surface area contributed by atoms with Gasteiger partial charge in [0.2, 0.25) is 0 Å². The summed E-state index contributed by atoms with van der Waals surface area (Å²) in [5.74, 6) is 2.01. The van der Waals surface area contributed by atoms with Gasteiger partial charge in [0.05, 0.1) is 6.10 Å². The van der Waals surface area contributed by atoms with E-state index in [9.17, 15) is 5.11 Å². The lowest BCUT2D eigenvalue weighted by Crippen LogP contribution is -2.42. The first-order valence-corrected chi connectivity index (χ1v) is 7.65. The molecule has 0 aromatic carbocycles. The van der Waals surface area contributed by atoms with Crippen LogP contribution in [0.5, 0.6) is 0 Å². The van der Waals surface area contributed by atoms with Gasteiger partial charge < -0.3 is 15.3 Å². The highest BCUT2D eigenvalue weighted by molar-refractivity contribution is 5.40. The van der Waals surface area contributed by atoms with Gasteiger partial charge in [-0.15, -0.1) is 0 Å². The van der Waals surface area contributed by atoms with Gasteiger partial charge in [-0.05, 0) is 36.4 Å². The van der Waals surface area contributed by atoms with Crippen LogP contribution in [0.15, 0.2) is 18.3 Å². The van der Waals surface area contributed by atoms with Crippen LogP contribution < -0.4 is 10.2 Å². The second kappa shape index (κ2) is 7.04. The van der Waals surface area contributed by atoms with Crippen LogP contribution in [0.4, 0.5) is 5.82 Å². The number of piperidine rings is 1. The Labute approximate surface area is 122 Å². The Balaban J connectivity index is 1.88. The van der Waals surface area contributed by atoms with Gasteiger partial charge in [0, 0.05) is 25.8 Å². The summed E-state index contributed by atoms with van der Waals surface area (Å²) in [7, 11) is 0. The molecule has 112 valence electrons. The average Bonchev–Trinajstić information content (AvgIpc) is 2.42. The number of nitrogens with one attached hydrogen (secondary N) is 1. The van der Waals surface area contributed by atoms with E-state index in [0.29, 0.717) is 11.8 Å². The van der Waals surface area contributed by atoms with Crippen molar-refractivity contribution in [2.75, 3.05) is 24.5 Å². The summed E-state index contributed by atoms with van der Waals surface area (Å²) < 4.78 is 0. The van der Waals surface area contributed by atoms with E-state index in [2.05, 4.69) is 48.1 Å². The van der Waals surface area contributed by atoms with E-state index in [4.69, 9.17) is 0 Å². The predicted octanol–water partition coefficient (Wildman–Crippen LogP) is 2.03. The van der Waals surface area contributed by atoms with Crippen LogP contribution in [-0.2, 0) is 6.54 Å².